The van der Waals surface area contributed by atoms with Gasteiger partial charge in [-0.25, -0.2) is 4.98 Å². The summed E-state index contributed by atoms with van der Waals surface area (Å²) in [6.07, 6.45) is 2.62. The maximum atomic E-state index is 12.2. The van der Waals surface area contributed by atoms with Crippen LogP contribution in [0.2, 0.25) is 0 Å². The van der Waals surface area contributed by atoms with Crippen molar-refractivity contribution in [3.8, 4) is 11.5 Å². The fourth-order valence-electron chi connectivity index (χ4n) is 3.86. The van der Waals surface area contributed by atoms with Gasteiger partial charge in [0.25, 0.3) is 11.8 Å². The first-order chi connectivity index (χ1) is 17.1. The number of nitrogens with one attached hydrogen (secondary N) is 3. The summed E-state index contributed by atoms with van der Waals surface area (Å²) in [5.41, 5.74) is 2.43. The van der Waals surface area contributed by atoms with Crippen molar-refractivity contribution in [2.24, 2.45) is 0 Å². The Kier molecular flexibility index (Phi) is 4.83. The minimum Gasteiger partial charge on any atom is -0.423 e. The van der Waals surface area contributed by atoms with Crippen molar-refractivity contribution in [2.75, 3.05) is 17.2 Å². The van der Waals surface area contributed by atoms with Crippen molar-refractivity contribution in [1.29, 1.82) is 0 Å². The number of aromatic nitrogens is 4. The van der Waals surface area contributed by atoms with E-state index in [1.807, 2.05) is 19.9 Å². The van der Waals surface area contributed by atoms with Gasteiger partial charge in [0.2, 0.25) is 12.3 Å². The Morgan fingerprint density at radius 2 is 2.03 bits per heavy atom. The van der Waals surface area contributed by atoms with E-state index < -0.39 is 18.1 Å². The monoisotopic (exact) mass is 459 g/mol. The van der Waals surface area contributed by atoms with E-state index in [1.54, 1.807) is 42.5 Å². The van der Waals surface area contributed by atoms with Crippen LogP contribution in [-0.2, 0) is 5.54 Å². The fraction of sp³-hybridized carbons (Fsp3) is 0.208. The summed E-state index contributed by atoms with van der Waals surface area (Å²) in [5.74, 6) is 0.361. The maximum Gasteiger partial charge on any atom is 0.252 e. The van der Waals surface area contributed by atoms with E-state index in [-0.39, 0.29) is 23.6 Å². The van der Waals surface area contributed by atoms with Gasteiger partial charge in [-0.1, -0.05) is 30.3 Å². The van der Waals surface area contributed by atoms with Crippen molar-refractivity contribution in [2.45, 2.75) is 25.4 Å². The number of rotatable bonds is 7. The van der Waals surface area contributed by atoms with Gasteiger partial charge in [-0.2, -0.15) is 4.98 Å². The molecule has 0 saturated heterocycles. The lowest BCUT2D eigenvalue weighted by Crippen LogP contribution is -2.32. The third kappa shape index (κ3) is 4.06. The first-order valence-electron chi connectivity index (χ1n) is 11.5. The Hall–Kier alpha value is -4.31. The summed E-state index contributed by atoms with van der Waals surface area (Å²) in [5, 5.41) is 27.0. The fourth-order valence-corrected chi connectivity index (χ4v) is 3.86. The van der Waals surface area contributed by atoms with Gasteiger partial charge < -0.3 is 25.5 Å². The van der Waals surface area contributed by atoms with Crippen molar-refractivity contribution < 1.29 is 17.1 Å². The van der Waals surface area contributed by atoms with Crippen molar-refractivity contribution in [3.05, 3.63) is 77.8 Å². The molecule has 0 saturated carbocycles. The number of anilines is 3. The van der Waals surface area contributed by atoms with Crippen LogP contribution in [0, 0.1) is 0 Å². The number of carbonyl (C=O) groups excluding carboxylic acids is 1. The van der Waals surface area contributed by atoms with Gasteiger partial charge in [0.15, 0.2) is 0 Å². The Morgan fingerprint density at radius 3 is 2.76 bits per heavy atom. The lowest BCUT2D eigenvalue weighted by molar-refractivity contribution is 0.0940. The molecule has 1 atom stereocenters. The first-order valence-corrected chi connectivity index (χ1v) is 10.5. The molecule has 0 fully saturated rings. The van der Waals surface area contributed by atoms with E-state index >= 15 is 0 Å². The average molecular weight is 460 g/mol. The van der Waals surface area contributed by atoms with Gasteiger partial charge in [-0.3, -0.25) is 4.79 Å². The first kappa shape index (κ1) is 19.2. The number of carbonyl (C=O) groups is 1. The third-order valence-electron chi connectivity index (χ3n) is 5.54. The molecule has 3 heterocycles. The number of benzene rings is 2. The topological polar surface area (TPSA) is 138 Å². The molecule has 0 aliphatic carbocycles. The second-order valence-electron chi connectivity index (χ2n) is 8.28. The molecular weight excluding hydrogens is 434 g/mol. The van der Waals surface area contributed by atoms with Crippen LogP contribution in [0.15, 0.2) is 65.5 Å². The van der Waals surface area contributed by atoms with Crippen LogP contribution in [0.5, 0.6) is 0 Å². The van der Waals surface area contributed by atoms with Crippen molar-refractivity contribution in [3.63, 3.8) is 0 Å². The van der Waals surface area contributed by atoms with Gasteiger partial charge in [0.1, 0.15) is 5.82 Å². The van der Waals surface area contributed by atoms with Crippen LogP contribution in [0.4, 0.5) is 17.5 Å². The lowest BCUT2D eigenvalue weighted by atomic mass is 9.94. The molecule has 1 aliphatic heterocycles. The quantitative estimate of drug-likeness (QED) is 0.327. The number of nitrogens with zero attached hydrogens (tertiary/aromatic N) is 4. The number of hydrogen-bond acceptors (Lipinski definition) is 9. The molecular formula is C24H23N7O3. The number of aliphatic hydroxyl groups is 1. The van der Waals surface area contributed by atoms with Gasteiger partial charge in [-0.15, -0.1) is 10.2 Å². The molecule has 5 rings (SSSR count). The normalized spacial score (nSPS) is 16.1. The Morgan fingerprint density at radius 1 is 1.21 bits per heavy atom. The van der Waals surface area contributed by atoms with Crippen LogP contribution in [0.3, 0.4) is 0 Å². The number of amides is 1. The minimum absolute atomic E-state index is 0.123. The van der Waals surface area contributed by atoms with E-state index in [1.165, 1.54) is 6.20 Å². The second-order valence-corrected chi connectivity index (χ2v) is 8.28. The smallest absolute Gasteiger partial charge is 0.252 e. The molecule has 1 amide bonds. The largest absolute Gasteiger partial charge is 0.423 e. The maximum absolute atomic E-state index is 12.2. The van der Waals surface area contributed by atoms with E-state index in [4.69, 9.17) is 7.16 Å². The predicted molar refractivity (Wildman–Crippen MR) is 125 cm³/mol. The molecule has 4 N–H and O–H groups in total. The summed E-state index contributed by atoms with van der Waals surface area (Å²) in [6, 6.07) is 12.9. The van der Waals surface area contributed by atoms with Gasteiger partial charge in [0, 0.05) is 17.4 Å². The molecule has 2 aromatic carbocycles. The molecule has 172 valence electrons. The van der Waals surface area contributed by atoms with E-state index in [0.29, 0.717) is 22.4 Å². The summed E-state index contributed by atoms with van der Waals surface area (Å²) in [6.45, 7) is 1.21. The molecule has 4 aromatic rings. The molecule has 0 bridgehead atoms. The van der Waals surface area contributed by atoms with Crippen LogP contribution in [-0.4, -0.2) is 37.7 Å². The second kappa shape index (κ2) is 8.56. The highest BCUT2D eigenvalue weighted by molar-refractivity contribution is 6.00. The molecule has 0 radical (unpaired) electrons. The predicted octanol–water partition coefficient (Wildman–Crippen LogP) is 3.39. The minimum atomic E-state index is -2.63. The highest BCUT2D eigenvalue weighted by Gasteiger charge is 2.35. The lowest BCUT2D eigenvalue weighted by Gasteiger charge is -2.20. The molecule has 0 unspecified atom stereocenters. The summed E-state index contributed by atoms with van der Waals surface area (Å²) in [7, 11) is 0. The van der Waals surface area contributed by atoms with E-state index in [0.717, 1.165) is 12.0 Å². The number of fused-ring (bicyclic) bond motifs is 1. The van der Waals surface area contributed by atoms with Gasteiger partial charge >= 0.3 is 0 Å². The zero-order valence-electron chi connectivity index (χ0n) is 20.4. The Balaban J connectivity index is 1.52. The van der Waals surface area contributed by atoms with Crippen LogP contribution < -0.4 is 16.0 Å². The van der Waals surface area contributed by atoms with Crippen LogP contribution in [0.25, 0.3) is 11.5 Å². The molecule has 2 aromatic heterocycles. The zero-order valence-corrected chi connectivity index (χ0v) is 18.4. The highest BCUT2D eigenvalue weighted by Crippen LogP contribution is 2.34. The number of hydrogen-bond donors (Lipinski definition) is 4. The Labute approximate surface area is 198 Å². The van der Waals surface area contributed by atoms with Crippen LogP contribution in [0.1, 0.15) is 44.1 Å². The molecule has 1 aliphatic rings. The molecule has 10 heteroatoms. The SMILES string of the molecule is [2H]C([2H])(O)[C@@H](Nc1nc(Nc2ccc3c(c2)C(C)(C)NC3=O)ncc1-c1nnco1)c1ccccc1. The molecule has 34 heavy (non-hydrogen) atoms. The Bertz CT molecular complexity index is 1410. The molecule has 0 spiro atoms. The third-order valence-corrected chi connectivity index (χ3v) is 5.54. The zero-order chi connectivity index (χ0) is 25.5. The summed E-state index contributed by atoms with van der Waals surface area (Å²) >= 11 is 0. The average Bonchev–Trinajstić information content (AvgIpc) is 3.44. The summed E-state index contributed by atoms with van der Waals surface area (Å²) < 4.78 is 21.3. The van der Waals surface area contributed by atoms with Crippen LogP contribution >= 0.6 is 0 Å². The molecule has 10 nitrogen and oxygen atoms in total. The van der Waals surface area contributed by atoms with Gasteiger partial charge in [-0.05, 0) is 43.2 Å². The standard InChI is InChI=1S/C24H23N7O3/c1-24(2)18-10-15(8-9-16(18)21(33)30-24)27-23-25-11-17(22-31-26-13-34-22)20(29-23)28-19(12-32)14-6-4-3-5-7-14/h3-11,13,19,32H,12H2,1-2H3,(H,30,33)(H2,25,27,28,29)/t19-/m1/s1/i12D2. The van der Waals surface area contributed by atoms with E-state index in [9.17, 15) is 9.90 Å². The highest BCUT2D eigenvalue weighted by atomic mass is 16.4. The van der Waals surface area contributed by atoms with Gasteiger partial charge in [0.05, 0.1) is 26.4 Å². The van der Waals surface area contributed by atoms with E-state index in [2.05, 4.69) is 36.1 Å². The summed E-state index contributed by atoms with van der Waals surface area (Å²) in [4.78, 5) is 21.1. The van der Waals surface area contributed by atoms with Crippen molar-refractivity contribution >= 4 is 23.4 Å². The van der Waals surface area contributed by atoms with Crippen molar-refractivity contribution in [1.82, 2.24) is 25.5 Å².